The van der Waals surface area contributed by atoms with E-state index >= 15 is 0 Å². The van der Waals surface area contributed by atoms with Gasteiger partial charge in [-0.2, -0.15) is 4.98 Å². The summed E-state index contributed by atoms with van der Waals surface area (Å²) >= 11 is 0. The van der Waals surface area contributed by atoms with E-state index in [1.807, 2.05) is 31.2 Å². The molecule has 0 aliphatic heterocycles. The van der Waals surface area contributed by atoms with E-state index < -0.39 is 0 Å². The average molecular weight is 302 g/mol. The third-order valence-corrected chi connectivity index (χ3v) is 3.45. The molecule has 0 saturated carbocycles. The van der Waals surface area contributed by atoms with E-state index in [4.69, 9.17) is 9.26 Å². The fraction of sp³-hybridized carbons (Fsp3) is 0.400. The Hall–Kier alpha value is -2.41. The summed E-state index contributed by atoms with van der Waals surface area (Å²) in [7, 11) is 1.57. The lowest BCUT2D eigenvalue weighted by molar-refractivity contribution is 0.174. The topological polar surface area (TPSA) is 75.1 Å². The van der Waals surface area contributed by atoms with Crippen LogP contribution in [0.1, 0.15) is 25.1 Å². The molecule has 0 spiro atoms. The number of fused-ring (bicyclic) bond motifs is 1. The van der Waals surface area contributed by atoms with Crippen molar-refractivity contribution < 1.29 is 9.26 Å². The van der Waals surface area contributed by atoms with Gasteiger partial charge in [0.25, 0.3) is 0 Å². The van der Waals surface area contributed by atoms with Crippen molar-refractivity contribution in [2.24, 2.45) is 0 Å². The molecule has 2 heterocycles. The number of methoxy groups -OCH3 is 1. The van der Waals surface area contributed by atoms with Crippen molar-refractivity contribution in [3.8, 4) is 0 Å². The van der Waals surface area contributed by atoms with Crippen LogP contribution < -0.4 is 5.69 Å². The van der Waals surface area contributed by atoms with Crippen molar-refractivity contribution in [2.45, 2.75) is 33.0 Å². The van der Waals surface area contributed by atoms with Crippen LogP contribution >= 0.6 is 0 Å². The lowest BCUT2D eigenvalue weighted by atomic mass is 10.3. The van der Waals surface area contributed by atoms with Gasteiger partial charge in [-0.25, -0.2) is 4.79 Å². The van der Waals surface area contributed by atoms with Crippen LogP contribution in [-0.2, 0) is 24.4 Å². The molecule has 3 rings (SSSR count). The van der Waals surface area contributed by atoms with Gasteiger partial charge in [-0.3, -0.25) is 9.13 Å². The Balaban J connectivity index is 2.02. The first kappa shape index (κ1) is 14.5. The normalized spacial score (nSPS) is 11.4. The largest absolute Gasteiger partial charge is 0.377 e. The summed E-state index contributed by atoms with van der Waals surface area (Å²) in [4.78, 5) is 16.9. The Morgan fingerprint density at radius 3 is 2.64 bits per heavy atom. The highest BCUT2D eigenvalue weighted by Gasteiger charge is 2.15. The van der Waals surface area contributed by atoms with Crippen molar-refractivity contribution in [3.05, 3.63) is 46.5 Å². The van der Waals surface area contributed by atoms with Gasteiger partial charge in [0.2, 0.25) is 5.89 Å². The van der Waals surface area contributed by atoms with Crippen molar-refractivity contribution in [2.75, 3.05) is 7.11 Å². The van der Waals surface area contributed by atoms with E-state index in [-0.39, 0.29) is 18.8 Å². The van der Waals surface area contributed by atoms with Crippen LogP contribution in [0, 0.1) is 0 Å². The molecule has 0 unspecified atom stereocenters. The molecule has 0 aliphatic carbocycles. The number of hydrogen-bond acceptors (Lipinski definition) is 5. The minimum Gasteiger partial charge on any atom is -0.377 e. The third kappa shape index (κ3) is 2.55. The Bertz CT molecular complexity index is 831. The smallest absolute Gasteiger partial charge is 0.329 e. The number of imidazole rings is 1. The zero-order chi connectivity index (χ0) is 15.5. The number of ether oxygens (including phenoxy) is 1. The highest BCUT2D eigenvalue weighted by molar-refractivity contribution is 5.76. The van der Waals surface area contributed by atoms with Crippen LogP contribution in [0.25, 0.3) is 11.0 Å². The number of rotatable bonds is 6. The minimum absolute atomic E-state index is 0.0606. The number of nitrogens with zero attached hydrogens (tertiary/aromatic N) is 4. The first-order valence-electron chi connectivity index (χ1n) is 7.23. The quantitative estimate of drug-likeness (QED) is 0.694. The summed E-state index contributed by atoms with van der Waals surface area (Å²) in [5.41, 5.74) is 1.73. The molecule has 0 fully saturated rings. The van der Waals surface area contributed by atoms with Gasteiger partial charge in [0.05, 0.1) is 11.0 Å². The first-order chi connectivity index (χ1) is 10.7. The van der Waals surface area contributed by atoms with Crippen LogP contribution in [0.4, 0.5) is 0 Å². The van der Waals surface area contributed by atoms with Crippen molar-refractivity contribution in [1.29, 1.82) is 0 Å². The van der Waals surface area contributed by atoms with Gasteiger partial charge < -0.3 is 9.26 Å². The van der Waals surface area contributed by atoms with E-state index in [9.17, 15) is 4.79 Å². The summed E-state index contributed by atoms with van der Waals surface area (Å²) in [6, 6.07) is 7.72. The van der Waals surface area contributed by atoms with Crippen molar-refractivity contribution >= 4 is 11.0 Å². The second-order valence-electron chi connectivity index (χ2n) is 5.05. The highest BCUT2D eigenvalue weighted by atomic mass is 16.5. The average Bonchev–Trinajstić information content (AvgIpc) is 3.07. The molecule has 0 saturated heterocycles. The number of benzene rings is 1. The molecular formula is C15H18N4O3. The molecule has 22 heavy (non-hydrogen) atoms. The monoisotopic (exact) mass is 302 g/mol. The molecule has 0 radical (unpaired) electrons. The lowest BCUT2D eigenvalue weighted by Gasteiger charge is -1.98. The predicted molar refractivity (Wildman–Crippen MR) is 80.6 cm³/mol. The fourth-order valence-electron chi connectivity index (χ4n) is 2.54. The van der Waals surface area contributed by atoms with E-state index in [2.05, 4.69) is 10.1 Å². The standard InChI is InChI=1S/C15H18N4O3/c1-3-8-18-11-6-4-5-7-12(11)19(15(18)20)9-14-16-13(10-21-2)17-22-14/h4-7H,3,8-10H2,1-2H3. The minimum atomic E-state index is -0.0606. The van der Waals surface area contributed by atoms with Gasteiger partial charge in [-0.05, 0) is 18.6 Å². The maximum atomic E-state index is 12.6. The number of aromatic nitrogens is 4. The summed E-state index contributed by atoms with van der Waals surface area (Å²) in [6.07, 6.45) is 0.895. The predicted octanol–water partition coefficient (Wildman–Crippen LogP) is 1.79. The third-order valence-electron chi connectivity index (χ3n) is 3.45. The van der Waals surface area contributed by atoms with Crippen LogP contribution in [0.5, 0.6) is 0 Å². The Morgan fingerprint density at radius 1 is 1.23 bits per heavy atom. The number of hydrogen-bond donors (Lipinski definition) is 0. The van der Waals surface area contributed by atoms with Crippen molar-refractivity contribution in [1.82, 2.24) is 19.3 Å². The highest BCUT2D eigenvalue weighted by Crippen LogP contribution is 2.14. The van der Waals surface area contributed by atoms with Gasteiger partial charge in [-0.1, -0.05) is 24.2 Å². The summed E-state index contributed by atoms with van der Waals surface area (Å²) in [6.45, 7) is 3.28. The van der Waals surface area contributed by atoms with Gasteiger partial charge in [-0.15, -0.1) is 0 Å². The molecule has 7 heteroatoms. The molecule has 0 N–H and O–H groups in total. The molecule has 3 aromatic rings. The van der Waals surface area contributed by atoms with Gasteiger partial charge in [0.15, 0.2) is 5.82 Å². The van der Waals surface area contributed by atoms with Gasteiger partial charge in [0.1, 0.15) is 13.2 Å². The Kier molecular flexibility index (Phi) is 4.06. The maximum absolute atomic E-state index is 12.6. The molecule has 0 atom stereocenters. The molecular weight excluding hydrogens is 284 g/mol. The second-order valence-corrected chi connectivity index (χ2v) is 5.05. The molecule has 0 amide bonds. The maximum Gasteiger partial charge on any atom is 0.329 e. The van der Waals surface area contributed by atoms with Crippen LogP contribution in [0.3, 0.4) is 0 Å². The summed E-state index contributed by atoms with van der Waals surface area (Å²) in [5.74, 6) is 0.872. The van der Waals surface area contributed by atoms with E-state index in [0.29, 0.717) is 18.3 Å². The van der Waals surface area contributed by atoms with Crippen LogP contribution in [0.15, 0.2) is 33.6 Å². The molecule has 0 bridgehead atoms. The Labute approximate surface area is 127 Å². The Morgan fingerprint density at radius 2 is 1.95 bits per heavy atom. The van der Waals surface area contributed by atoms with Crippen LogP contribution in [-0.4, -0.2) is 26.4 Å². The van der Waals surface area contributed by atoms with Gasteiger partial charge >= 0.3 is 5.69 Å². The van der Waals surface area contributed by atoms with Gasteiger partial charge in [0, 0.05) is 13.7 Å². The lowest BCUT2D eigenvalue weighted by Crippen LogP contribution is -2.24. The first-order valence-corrected chi connectivity index (χ1v) is 7.23. The summed E-state index contributed by atoms with van der Waals surface area (Å²) in [5, 5.41) is 3.82. The van der Waals surface area contributed by atoms with Crippen molar-refractivity contribution in [3.63, 3.8) is 0 Å². The molecule has 2 aromatic heterocycles. The summed E-state index contributed by atoms with van der Waals surface area (Å²) < 4.78 is 13.6. The number of para-hydroxylation sites is 2. The molecule has 0 aliphatic rings. The number of aryl methyl sites for hydroxylation is 1. The molecule has 1 aromatic carbocycles. The van der Waals surface area contributed by atoms with Crippen LogP contribution in [0.2, 0.25) is 0 Å². The second kappa shape index (κ2) is 6.15. The SMILES string of the molecule is CCCn1c(=O)n(Cc2nc(COC)no2)c2ccccc21. The zero-order valence-electron chi connectivity index (χ0n) is 12.7. The van der Waals surface area contributed by atoms with E-state index in [1.54, 1.807) is 16.2 Å². The molecule has 7 nitrogen and oxygen atoms in total. The zero-order valence-corrected chi connectivity index (χ0v) is 12.7. The van der Waals surface area contributed by atoms with E-state index in [0.717, 1.165) is 17.5 Å². The molecule has 116 valence electrons. The van der Waals surface area contributed by atoms with E-state index in [1.165, 1.54) is 0 Å². The fourth-order valence-corrected chi connectivity index (χ4v) is 2.54.